The molecule has 138 valence electrons. The normalized spacial score (nSPS) is 18.4. The molecule has 8 heteroatoms. The summed E-state index contributed by atoms with van der Waals surface area (Å²) in [5.41, 5.74) is 0.359. The van der Waals surface area contributed by atoms with Crippen LogP contribution >= 0.6 is 35.0 Å². The van der Waals surface area contributed by atoms with Gasteiger partial charge in [-0.15, -0.1) is 35.0 Å². The molecule has 2 rings (SSSR count). The van der Waals surface area contributed by atoms with Crippen molar-refractivity contribution in [3.63, 3.8) is 0 Å². The Hall–Kier alpha value is -1.11. The monoisotopic (exact) mass is 403 g/mol. The summed E-state index contributed by atoms with van der Waals surface area (Å²) in [5.74, 6) is 0.824. The molecule has 0 saturated heterocycles. The molecule has 25 heavy (non-hydrogen) atoms. The third kappa shape index (κ3) is 6.96. The summed E-state index contributed by atoms with van der Waals surface area (Å²) in [6.07, 6.45) is 0.794. The van der Waals surface area contributed by atoms with E-state index in [0.717, 1.165) is 17.1 Å². The summed E-state index contributed by atoms with van der Waals surface area (Å²) in [5, 5.41) is 8.12. The van der Waals surface area contributed by atoms with Crippen molar-refractivity contribution >= 4 is 52.6 Å². The second kappa shape index (κ2) is 8.06. The van der Waals surface area contributed by atoms with E-state index in [1.54, 1.807) is 11.8 Å². The van der Waals surface area contributed by atoms with Gasteiger partial charge in [-0.2, -0.15) is 0 Å². The van der Waals surface area contributed by atoms with Gasteiger partial charge in [0.25, 0.3) is 0 Å². The molecule has 0 aliphatic heterocycles. The first kappa shape index (κ1) is 20.2. The SMILES string of the molecule is CC(C)(C)NC(=O)CNC(=O)Nc1ccccc1SCC1CC1(Cl)Cl. The minimum Gasteiger partial charge on any atom is -0.350 e. The molecule has 0 radical (unpaired) electrons. The van der Waals surface area contributed by atoms with Crippen molar-refractivity contribution in [1.82, 2.24) is 10.6 Å². The molecule has 0 bridgehead atoms. The Labute approximate surface area is 162 Å². The van der Waals surface area contributed by atoms with Gasteiger partial charge in [-0.3, -0.25) is 4.79 Å². The molecule has 1 aromatic rings. The van der Waals surface area contributed by atoms with Crippen LogP contribution in [0.2, 0.25) is 0 Å². The van der Waals surface area contributed by atoms with Crippen LogP contribution in [0.25, 0.3) is 0 Å². The van der Waals surface area contributed by atoms with E-state index in [1.165, 1.54) is 0 Å². The number of carbonyl (C=O) groups is 2. The van der Waals surface area contributed by atoms with Crippen molar-refractivity contribution in [2.45, 2.75) is 42.0 Å². The van der Waals surface area contributed by atoms with E-state index in [0.29, 0.717) is 5.69 Å². The molecule has 1 atom stereocenters. The van der Waals surface area contributed by atoms with Crippen LogP contribution in [0.1, 0.15) is 27.2 Å². The predicted molar refractivity (Wildman–Crippen MR) is 105 cm³/mol. The fourth-order valence-corrected chi connectivity index (χ4v) is 4.07. The highest BCUT2D eigenvalue weighted by Gasteiger charge is 2.51. The number of anilines is 1. The highest BCUT2D eigenvalue weighted by atomic mass is 35.5. The van der Waals surface area contributed by atoms with Gasteiger partial charge in [-0.25, -0.2) is 4.79 Å². The van der Waals surface area contributed by atoms with Gasteiger partial charge in [-0.05, 0) is 39.3 Å². The van der Waals surface area contributed by atoms with Crippen molar-refractivity contribution < 1.29 is 9.59 Å². The average molecular weight is 404 g/mol. The molecule has 1 aliphatic carbocycles. The molecule has 1 saturated carbocycles. The van der Waals surface area contributed by atoms with E-state index >= 15 is 0 Å². The number of benzene rings is 1. The lowest BCUT2D eigenvalue weighted by molar-refractivity contribution is -0.121. The molecule has 0 spiro atoms. The summed E-state index contributed by atoms with van der Waals surface area (Å²) >= 11 is 13.7. The van der Waals surface area contributed by atoms with Gasteiger partial charge in [0.05, 0.1) is 12.2 Å². The van der Waals surface area contributed by atoms with Gasteiger partial charge < -0.3 is 16.0 Å². The Morgan fingerprint density at radius 3 is 2.52 bits per heavy atom. The van der Waals surface area contributed by atoms with Crippen molar-refractivity contribution in [3.05, 3.63) is 24.3 Å². The third-order valence-electron chi connectivity index (χ3n) is 3.45. The van der Waals surface area contributed by atoms with E-state index in [4.69, 9.17) is 23.2 Å². The molecule has 3 amide bonds. The number of amides is 3. The topological polar surface area (TPSA) is 70.2 Å². The first-order valence-electron chi connectivity index (χ1n) is 8.02. The average Bonchev–Trinajstić information content (AvgIpc) is 3.10. The first-order valence-corrected chi connectivity index (χ1v) is 9.76. The minimum atomic E-state index is -0.604. The number of thioether (sulfide) groups is 1. The third-order valence-corrected chi connectivity index (χ3v) is 5.62. The molecule has 1 fully saturated rings. The Bertz CT molecular complexity index is 647. The summed E-state index contributed by atoms with van der Waals surface area (Å²) in [4.78, 5) is 24.7. The summed E-state index contributed by atoms with van der Waals surface area (Å²) in [6.45, 7) is 5.57. The van der Waals surface area contributed by atoms with Crippen LogP contribution < -0.4 is 16.0 Å². The van der Waals surface area contributed by atoms with Crippen molar-refractivity contribution in [2.24, 2.45) is 5.92 Å². The Morgan fingerprint density at radius 2 is 1.92 bits per heavy atom. The number of alkyl halides is 2. The number of hydrogen-bond donors (Lipinski definition) is 3. The van der Waals surface area contributed by atoms with Crippen LogP contribution in [0, 0.1) is 5.92 Å². The Balaban J connectivity index is 1.83. The van der Waals surface area contributed by atoms with E-state index in [-0.39, 0.29) is 23.9 Å². The molecule has 1 unspecified atom stereocenters. The molecular formula is C17H23Cl2N3O2S. The number of halogens is 2. The summed E-state index contributed by atoms with van der Waals surface area (Å²) < 4.78 is -0.604. The molecular weight excluding hydrogens is 381 g/mol. The smallest absolute Gasteiger partial charge is 0.319 e. The summed E-state index contributed by atoms with van der Waals surface area (Å²) in [7, 11) is 0. The highest BCUT2D eigenvalue weighted by molar-refractivity contribution is 7.99. The number of hydrogen-bond acceptors (Lipinski definition) is 3. The van der Waals surface area contributed by atoms with Crippen LogP contribution in [0.3, 0.4) is 0 Å². The number of rotatable bonds is 6. The van der Waals surface area contributed by atoms with Gasteiger partial charge in [0.15, 0.2) is 0 Å². The van der Waals surface area contributed by atoms with Crippen molar-refractivity contribution in [3.8, 4) is 0 Å². The maximum Gasteiger partial charge on any atom is 0.319 e. The van der Waals surface area contributed by atoms with E-state index in [9.17, 15) is 9.59 Å². The van der Waals surface area contributed by atoms with E-state index in [1.807, 2.05) is 45.0 Å². The van der Waals surface area contributed by atoms with Gasteiger partial charge >= 0.3 is 6.03 Å². The largest absolute Gasteiger partial charge is 0.350 e. The van der Waals surface area contributed by atoms with Crippen LogP contribution in [0.15, 0.2) is 29.2 Å². The number of para-hydroxylation sites is 1. The second-order valence-electron chi connectivity index (χ2n) is 7.08. The van der Waals surface area contributed by atoms with Crippen LogP contribution in [-0.4, -0.2) is 34.1 Å². The van der Waals surface area contributed by atoms with E-state index < -0.39 is 10.4 Å². The first-order chi connectivity index (χ1) is 11.6. The van der Waals surface area contributed by atoms with Crippen molar-refractivity contribution in [1.29, 1.82) is 0 Å². The van der Waals surface area contributed by atoms with Crippen LogP contribution in [0.5, 0.6) is 0 Å². The Morgan fingerprint density at radius 1 is 1.28 bits per heavy atom. The van der Waals surface area contributed by atoms with Gasteiger partial charge in [-0.1, -0.05) is 12.1 Å². The maximum atomic E-state index is 12.0. The molecule has 3 N–H and O–H groups in total. The number of urea groups is 1. The molecule has 0 aromatic heterocycles. The van der Waals surface area contributed by atoms with Gasteiger partial charge in [0, 0.05) is 22.1 Å². The van der Waals surface area contributed by atoms with Gasteiger partial charge in [0.1, 0.15) is 4.33 Å². The highest BCUT2D eigenvalue weighted by Crippen LogP contribution is 2.55. The number of carbonyl (C=O) groups excluding carboxylic acids is 2. The maximum absolute atomic E-state index is 12.0. The predicted octanol–water partition coefficient (Wildman–Crippen LogP) is 4.01. The standard InChI is InChI=1S/C17H23Cl2N3O2S/c1-16(2,3)22-14(23)9-20-15(24)21-12-6-4-5-7-13(12)25-10-11-8-17(11,18)19/h4-7,11H,8-10H2,1-3H3,(H,22,23)(H2,20,21,24). The molecule has 0 heterocycles. The van der Waals surface area contributed by atoms with Crippen LogP contribution in [-0.2, 0) is 4.79 Å². The zero-order valence-corrected chi connectivity index (χ0v) is 16.8. The summed E-state index contributed by atoms with van der Waals surface area (Å²) in [6, 6.07) is 7.07. The van der Waals surface area contributed by atoms with Crippen molar-refractivity contribution in [2.75, 3.05) is 17.6 Å². The lowest BCUT2D eigenvalue weighted by Crippen LogP contribution is -2.46. The lowest BCUT2D eigenvalue weighted by atomic mass is 10.1. The number of nitrogens with one attached hydrogen (secondary N) is 3. The van der Waals surface area contributed by atoms with Crippen LogP contribution in [0.4, 0.5) is 10.5 Å². The molecule has 1 aromatic carbocycles. The van der Waals surface area contributed by atoms with Gasteiger partial charge in [0.2, 0.25) is 5.91 Å². The lowest BCUT2D eigenvalue weighted by Gasteiger charge is -2.20. The molecule has 5 nitrogen and oxygen atoms in total. The zero-order valence-electron chi connectivity index (χ0n) is 14.5. The zero-order chi connectivity index (χ0) is 18.7. The fraction of sp³-hybridized carbons (Fsp3) is 0.529. The molecule has 1 aliphatic rings. The second-order valence-corrected chi connectivity index (χ2v) is 9.68. The minimum absolute atomic E-state index is 0.0818. The Kier molecular flexibility index (Phi) is 6.51. The quantitative estimate of drug-likeness (QED) is 0.496. The fourth-order valence-electron chi connectivity index (χ4n) is 2.13. The van der Waals surface area contributed by atoms with E-state index in [2.05, 4.69) is 16.0 Å².